The Kier molecular flexibility index (Phi) is 8.65. The average molecular weight is 545 g/mol. The van der Waals surface area contributed by atoms with Crippen LogP contribution < -0.4 is 4.74 Å². The lowest BCUT2D eigenvalue weighted by atomic mass is 9.93. The monoisotopic (exact) mass is 544 g/mol. The Morgan fingerprint density at radius 2 is 1.87 bits per heavy atom. The van der Waals surface area contributed by atoms with Gasteiger partial charge in [0.15, 0.2) is 0 Å². The number of halogens is 1. The number of hydrogen-bond donors (Lipinski definition) is 0. The Balaban J connectivity index is 1.82. The lowest BCUT2D eigenvalue weighted by molar-refractivity contribution is -0.140. The molecule has 2 aromatic carbocycles. The van der Waals surface area contributed by atoms with E-state index < -0.39 is 11.8 Å². The summed E-state index contributed by atoms with van der Waals surface area (Å²) in [6.07, 6.45) is 3.98. The van der Waals surface area contributed by atoms with Crippen molar-refractivity contribution in [2.75, 3.05) is 20.3 Å². The van der Waals surface area contributed by atoms with Crippen LogP contribution in [0, 0.1) is 11.3 Å². The maximum absolute atomic E-state index is 13.6. The minimum Gasteiger partial charge on any atom is -0.495 e. The number of para-hydroxylation sites is 1. The largest absolute Gasteiger partial charge is 0.495 e. The van der Waals surface area contributed by atoms with E-state index in [4.69, 9.17) is 26.2 Å². The van der Waals surface area contributed by atoms with Gasteiger partial charge in [0.25, 0.3) is 11.8 Å². The number of ether oxygens (including phenoxy) is 2. The van der Waals surface area contributed by atoms with Crippen LogP contribution >= 0.6 is 11.6 Å². The molecule has 0 aliphatic carbocycles. The fourth-order valence-corrected chi connectivity index (χ4v) is 4.53. The number of amides is 2. The van der Waals surface area contributed by atoms with Gasteiger partial charge in [-0.3, -0.25) is 14.5 Å². The second-order valence-electron chi connectivity index (χ2n) is 9.27. The van der Waals surface area contributed by atoms with Crippen molar-refractivity contribution in [1.82, 2.24) is 14.7 Å². The fourth-order valence-electron chi connectivity index (χ4n) is 4.27. The van der Waals surface area contributed by atoms with Gasteiger partial charge < -0.3 is 9.47 Å². The molecule has 0 unspecified atom stereocenters. The molecule has 0 bridgehead atoms. The van der Waals surface area contributed by atoms with Crippen LogP contribution in [0.2, 0.25) is 5.02 Å². The number of hydrogen-bond acceptors (Lipinski definition) is 6. The molecule has 3 aromatic rings. The smallest absolute Gasteiger partial charge is 0.271 e. The van der Waals surface area contributed by atoms with Crippen molar-refractivity contribution in [3.05, 3.63) is 82.0 Å². The zero-order valence-corrected chi connectivity index (χ0v) is 23.0. The van der Waals surface area contributed by atoms with Gasteiger partial charge in [-0.05, 0) is 69.2 Å². The zero-order valence-electron chi connectivity index (χ0n) is 22.3. The number of nitrogens with zero attached hydrogens (tertiary/aromatic N) is 4. The van der Waals surface area contributed by atoms with Crippen LogP contribution in [0.15, 0.2) is 71.4 Å². The first-order valence-electron chi connectivity index (χ1n) is 12.5. The zero-order chi connectivity index (χ0) is 28.1. The standard InChI is InChI=1S/C30H29ClN4O4/c1-19(2)39-14-8-13-34-29(36)24(20(3)25(17-32)30(34)37)15-22-18-35(23-9-6-5-7-10-23)33-28(22)21-11-12-27(38-4)26(31)16-21/h5-7,9-12,15-16,18-19H,8,13-14H2,1-4H3/b24-15+. The van der Waals surface area contributed by atoms with Gasteiger partial charge >= 0.3 is 0 Å². The summed E-state index contributed by atoms with van der Waals surface area (Å²) in [5, 5.41) is 15.0. The van der Waals surface area contributed by atoms with Crippen molar-refractivity contribution >= 4 is 29.5 Å². The Bertz CT molecular complexity index is 1500. The highest BCUT2D eigenvalue weighted by molar-refractivity contribution is 6.32. The third kappa shape index (κ3) is 5.95. The van der Waals surface area contributed by atoms with Crippen molar-refractivity contribution in [2.24, 2.45) is 0 Å². The molecule has 2 heterocycles. The molecule has 1 aromatic heterocycles. The average Bonchev–Trinajstić information content (AvgIpc) is 3.35. The SMILES string of the molecule is COc1ccc(-c2nn(-c3ccccc3)cc2/C=C2/C(=O)N(CCCOC(C)C)C(=O)C(C#N)=C2C)cc1Cl. The topological polar surface area (TPSA) is 97.4 Å². The summed E-state index contributed by atoms with van der Waals surface area (Å²) in [4.78, 5) is 27.7. The molecule has 0 spiro atoms. The van der Waals surface area contributed by atoms with Crippen molar-refractivity contribution < 1.29 is 19.1 Å². The predicted molar refractivity (Wildman–Crippen MR) is 149 cm³/mol. The van der Waals surface area contributed by atoms with Crippen LogP contribution in [0.5, 0.6) is 5.75 Å². The molecular weight excluding hydrogens is 516 g/mol. The Labute approximate surface area is 232 Å². The van der Waals surface area contributed by atoms with Gasteiger partial charge in [0.2, 0.25) is 0 Å². The maximum Gasteiger partial charge on any atom is 0.271 e. The molecule has 0 radical (unpaired) electrons. The molecule has 200 valence electrons. The molecule has 39 heavy (non-hydrogen) atoms. The number of aromatic nitrogens is 2. The minimum atomic E-state index is -0.594. The van der Waals surface area contributed by atoms with Gasteiger partial charge in [0, 0.05) is 36.0 Å². The van der Waals surface area contributed by atoms with Crippen molar-refractivity contribution in [2.45, 2.75) is 33.3 Å². The highest BCUT2D eigenvalue weighted by Gasteiger charge is 2.35. The number of imide groups is 1. The summed E-state index contributed by atoms with van der Waals surface area (Å²) in [6, 6.07) is 16.9. The van der Waals surface area contributed by atoms with Crippen LogP contribution in [0.4, 0.5) is 0 Å². The van der Waals surface area contributed by atoms with E-state index in [-0.39, 0.29) is 23.8 Å². The fraction of sp³-hybridized carbons (Fsp3) is 0.267. The number of carbonyl (C=O) groups is 2. The number of carbonyl (C=O) groups excluding carboxylic acids is 2. The summed E-state index contributed by atoms with van der Waals surface area (Å²) >= 11 is 6.42. The molecule has 1 aliphatic heterocycles. The molecule has 8 nitrogen and oxygen atoms in total. The third-order valence-electron chi connectivity index (χ3n) is 6.29. The van der Waals surface area contributed by atoms with E-state index in [1.54, 1.807) is 43.1 Å². The second-order valence-corrected chi connectivity index (χ2v) is 9.67. The first-order chi connectivity index (χ1) is 18.7. The molecular formula is C30H29ClN4O4. The summed E-state index contributed by atoms with van der Waals surface area (Å²) < 4.78 is 12.6. The summed E-state index contributed by atoms with van der Waals surface area (Å²) in [6.45, 7) is 5.99. The molecule has 1 aliphatic rings. The quantitative estimate of drug-likeness (QED) is 0.197. The minimum absolute atomic E-state index is 0.0380. The van der Waals surface area contributed by atoms with Crippen LogP contribution in [0.25, 0.3) is 23.0 Å². The summed E-state index contributed by atoms with van der Waals surface area (Å²) in [7, 11) is 1.54. The molecule has 0 N–H and O–H groups in total. The van der Waals surface area contributed by atoms with Gasteiger partial charge in [0.1, 0.15) is 23.1 Å². The summed E-state index contributed by atoms with van der Waals surface area (Å²) in [5.41, 5.74) is 3.26. The van der Waals surface area contributed by atoms with Gasteiger partial charge in [-0.15, -0.1) is 0 Å². The Hall–Kier alpha value is -4.19. The van der Waals surface area contributed by atoms with E-state index >= 15 is 0 Å². The van der Waals surface area contributed by atoms with E-state index in [0.29, 0.717) is 46.2 Å². The first-order valence-corrected chi connectivity index (χ1v) is 12.9. The van der Waals surface area contributed by atoms with E-state index in [0.717, 1.165) is 10.6 Å². The number of methoxy groups -OCH3 is 1. The van der Waals surface area contributed by atoms with Gasteiger partial charge in [-0.25, -0.2) is 4.68 Å². The van der Waals surface area contributed by atoms with Crippen molar-refractivity contribution in [1.29, 1.82) is 5.26 Å². The van der Waals surface area contributed by atoms with Crippen LogP contribution in [0.1, 0.15) is 32.8 Å². The molecule has 0 saturated heterocycles. The lowest BCUT2D eigenvalue weighted by Crippen LogP contribution is -2.43. The molecule has 2 amide bonds. The number of nitriles is 1. The van der Waals surface area contributed by atoms with E-state index in [2.05, 4.69) is 0 Å². The van der Waals surface area contributed by atoms with E-state index in [1.807, 2.05) is 56.3 Å². The number of benzene rings is 2. The van der Waals surface area contributed by atoms with E-state index in [1.165, 1.54) is 0 Å². The third-order valence-corrected chi connectivity index (χ3v) is 6.59. The second kappa shape index (κ2) is 12.1. The molecule has 0 atom stereocenters. The molecule has 0 saturated carbocycles. The molecule has 0 fully saturated rings. The van der Waals surface area contributed by atoms with Crippen LogP contribution in [-0.2, 0) is 14.3 Å². The summed E-state index contributed by atoms with van der Waals surface area (Å²) in [5.74, 6) is -0.533. The number of rotatable bonds is 9. The van der Waals surface area contributed by atoms with E-state index in [9.17, 15) is 14.9 Å². The van der Waals surface area contributed by atoms with Crippen molar-refractivity contribution in [3.8, 4) is 28.8 Å². The first kappa shape index (κ1) is 27.8. The highest BCUT2D eigenvalue weighted by atomic mass is 35.5. The van der Waals surface area contributed by atoms with Gasteiger partial charge in [0.05, 0.1) is 23.9 Å². The molecule has 9 heteroatoms. The predicted octanol–water partition coefficient (Wildman–Crippen LogP) is 5.61. The van der Waals surface area contributed by atoms with Crippen LogP contribution in [-0.4, -0.2) is 52.9 Å². The molecule has 4 rings (SSSR count). The van der Waals surface area contributed by atoms with Gasteiger partial charge in [-0.1, -0.05) is 29.8 Å². The van der Waals surface area contributed by atoms with Crippen molar-refractivity contribution in [3.63, 3.8) is 0 Å². The van der Waals surface area contributed by atoms with Crippen LogP contribution in [0.3, 0.4) is 0 Å². The Morgan fingerprint density at radius 1 is 1.13 bits per heavy atom. The maximum atomic E-state index is 13.6. The van der Waals surface area contributed by atoms with Gasteiger partial charge in [-0.2, -0.15) is 10.4 Å². The Morgan fingerprint density at radius 3 is 2.51 bits per heavy atom. The lowest BCUT2D eigenvalue weighted by Gasteiger charge is -2.27. The normalized spacial score (nSPS) is 14.9. The highest BCUT2D eigenvalue weighted by Crippen LogP contribution is 2.34.